The minimum atomic E-state index is -0.879. The normalized spacial score (nSPS) is 9.61. The molecule has 0 spiro atoms. The van der Waals surface area contributed by atoms with Crippen molar-refractivity contribution in [2.24, 2.45) is 0 Å². The Kier molecular flexibility index (Phi) is 9.76. The summed E-state index contributed by atoms with van der Waals surface area (Å²) >= 11 is 1.40. The third-order valence-electron chi connectivity index (χ3n) is 2.04. The molecule has 0 bridgehead atoms. The number of carboxylic acid groups (broad SMARTS) is 2. The second-order valence-corrected chi connectivity index (χ2v) is 10.4. The molecule has 2 N–H and O–H groups in total. The quantitative estimate of drug-likeness (QED) is 0.766. The van der Waals surface area contributed by atoms with Crippen molar-refractivity contribution in [1.29, 1.82) is 0 Å². The molecule has 0 radical (unpaired) electrons. The predicted molar refractivity (Wildman–Crippen MR) is 86.5 cm³/mol. The predicted octanol–water partition coefficient (Wildman–Crippen LogP) is 4.52. The fourth-order valence-corrected chi connectivity index (χ4v) is 1.16. The second kappa shape index (κ2) is 10.7. The summed E-state index contributed by atoms with van der Waals surface area (Å²) in [5, 5.41) is 16.8. The number of aromatic carboxylic acids is 2. The standard InChI is InChI=1S/2C7H6O2.C4H9.Zn/c2*8-7(9)6-4-2-1-3-5-6;1-4(2)3;/h2*1-5H,(H,8,9);1-3H3;. The molecule has 0 saturated carbocycles. The Bertz CT molecular complexity index is 534. The van der Waals surface area contributed by atoms with Gasteiger partial charge in [0.05, 0.1) is 11.1 Å². The molecule has 5 heteroatoms. The summed E-state index contributed by atoms with van der Waals surface area (Å²) in [7, 11) is 0. The molecule has 23 heavy (non-hydrogen) atoms. The first-order valence-electron chi connectivity index (χ1n) is 7.03. The molecular formula is C18H21O4Zn. The third kappa shape index (κ3) is 13.4. The van der Waals surface area contributed by atoms with Crippen LogP contribution in [0.4, 0.5) is 0 Å². The van der Waals surface area contributed by atoms with Gasteiger partial charge in [0.2, 0.25) is 0 Å². The van der Waals surface area contributed by atoms with E-state index in [0.29, 0.717) is 15.1 Å². The average Bonchev–Trinajstić information content (AvgIpc) is 2.48. The zero-order valence-corrected chi connectivity index (χ0v) is 16.7. The SMILES string of the molecule is C[C](C)(C)[Zn].O=C(O)c1ccccc1.O=C(O)c1ccccc1. The molecule has 0 atom stereocenters. The van der Waals surface area contributed by atoms with Crippen LogP contribution in [0.25, 0.3) is 0 Å². The first-order chi connectivity index (χ1) is 10.6. The first kappa shape index (κ1) is 21.0. The molecule has 0 unspecified atom stereocenters. The molecule has 0 fully saturated rings. The molecule has 2 aromatic rings. The van der Waals surface area contributed by atoms with E-state index in [1.54, 1.807) is 60.7 Å². The third-order valence-corrected chi connectivity index (χ3v) is 2.04. The number of benzene rings is 2. The van der Waals surface area contributed by atoms with Crippen molar-refractivity contribution in [3.8, 4) is 0 Å². The fourth-order valence-electron chi connectivity index (χ4n) is 1.16. The molecule has 0 heterocycles. The van der Waals surface area contributed by atoms with Crippen LogP contribution < -0.4 is 0 Å². The van der Waals surface area contributed by atoms with Crippen LogP contribution in [-0.4, -0.2) is 22.2 Å². The van der Waals surface area contributed by atoms with E-state index in [9.17, 15) is 9.59 Å². The molecule has 0 aromatic heterocycles. The average molecular weight is 367 g/mol. The van der Waals surface area contributed by atoms with Crippen molar-refractivity contribution in [3.05, 3.63) is 71.8 Å². The van der Waals surface area contributed by atoms with Gasteiger partial charge < -0.3 is 10.2 Å². The van der Waals surface area contributed by atoms with E-state index in [-0.39, 0.29) is 0 Å². The van der Waals surface area contributed by atoms with Crippen LogP contribution in [0.1, 0.15) is 41.5 Å². The van der Waals surface area contributed by atoms with E-state index in [2.05, 4.69) is 20.8 Å². The fraction of sp³-hybridized carbons (Fsp3) is 0.222. The molecule has 0 aliphatic rings. The minimum absolute atomic E-state index is 0.331. The van der Waals surface area contributed by atoms with Crippen LogP contribution in [0.5, 0.6) is 0 Å². The van der Waals surface area contributed by atoms with E-state index >= 15 is 0 Å². The van der Waals surface area contributed by atoms with E-state index in [0.717, 1.165) is 0 Å². The van der Waals surface area contributed by atoms with Gasteiger partial charge in [-0.3, -0.25) is 0 Å². The van der Waals surface area contributed by atoms with Crippen LogP contribution in [-0.2, 0) is 18.3 Å². The minimum Gasteiger partial charge on any atom is -0.478 e. The van der Waals surface area contributed by atoms with Crippen LogP contribution in [0.2, 0.25) is 4.01 Å². The van der Waals surface area contributed by atoms with Crippen molar-refractivity contribution in [2.45, 2.75) is 24.8 Å². The van der Waals surface area contributed by atoms with Crippen molar-refractivity contribution >= 4 is 11.9 Å². The summed E-state index contributed by atoms with van der Waals surface area (Å²) in [5.74, 6) is -1.76. The van der Waals surface area contributed by atoms with Crippen LogP contribution in [0.3, 0.4) is 0 Å². The number of rotatable bonds is 2. The summed E-state index contributed by atoms with van der Waals surface area (Å²) in [6.45, 7) is 6.73. The number of hydrogen-bond acceptors (Lipinski definition) is 2. The van der Waals surface area contributed by atoms with Crippen LogP contribution >= 0.6 is 0 Å². The molecule has 2 aromatic carbocycles. The number of carboxylic acids is 2. The van der Waals surface area contributed by atoms with Crippen molar-refractivity contribution in [3.63, 3.8) is 0 Å². The molecule has 0 amide bonds. The van der Waals surface area contributed by atoms with Crippen molar-refractivity contribution in [2.75, 3.05) is 0 Å². The van der Waals surface area contributed by atoms with Crippen LogP contribution in [0.15, 0.2) is 60.7 Å². The summed E-state index contributed by atoms with van der Waals surface area (Å²) < 4.78 is 0.625. The number of hydrogen-bond donors (Lipinski definition) is 2. The molecular weight excluding hydrogens is 346 g/mol. The van der Waals surface area contributed by atoms with Gasteiger partial charge in [-0.1, -0.05) is 36.4 Å². The second-order valence-electron chi connectivity index (χ2n) is 5.90. The number of carbonyl (C=O) groups is 2. The maximum atomic E-state index is 10.2. The summed E-state index contributed by atoms with van der Waals surface area (Å²) in [6, 6.07) is 16.6. The van der Waals surface area contributed by atoms with Gasteiger partial charge in [0.25, 0.3) is 0 Å². The Hall–Kier alpha value is -2.00. The van der Waals surface area contributed by atoms with E-state index < -0.39 is 11.9 Å². The summed E-state index contributed by atoms with van der Waals surface area (Å²) in [6.07, 6.45) is 0. The van der Waals surface area contributed by atoms with Gasteiger partial charge in [-0.2, -0.15) is 0 Å². The van der Waals surface area contributed by atoms with E-state index in [1.165, 1.54) is 18.3 Å². The topological polar surface area (TPSA) is 74.6 Å². The zero-order chi connectivity index (χ0) is 17.9. The van der Waals surface area contributed by atoms with E-state index in [1.807, 2.05) is 0 Å². The smallest absolute Gasteiger partial charge is 0.335 e. The molecule has 0 aliphatic carbocycles. The summed E-state index contributed by atoms with van der Waals surface area (Å²) in [5.41, 5.74) is 0.662. The maximum absolute atomic E-state index is 10.2. The van der Waals surface area contributed by atoms with Gasteiger partial charge in [-0.15, -0.1) is 0 Å². The van der Waals surface area contributed by atoms with Crippen molar-refractivity contribution in [1.82, 2.24) is 0 Å². The Morgan fingerprint density at radius 1 is 0.739 bits per heavy atom. The molecule has 0 saturated heterocycles. The zero-order valence-electron chi connectivity index (χ0n) is 13.7. The van der Waals surface area contributed by atoms with Crippen LogP contribution in [0, 0.1) is 0 Å². The van der Waals surface area contributed by atoms with Gasteiger partial charge in [0, 0.05) is 0 Å². The molecule has 4 nitrogen and oxygen atoms in total. The Morgan fingerprint density at radius 3 is 1.09 bits per heavy atom. The monoisotopic (exact) mass is 365 g/mol. The molecule has 2 rings (SSSR count). The maximum Gasteiger partial charge on any atom is 0.335 e. The Balaban J connectivity index is 0.000000332. The van der Waals surface area contributed by atoms with E-state index in [4.69, 9.17) is 10.2 Å². The van der Waals surface area contributed by atoms with Gasteiger partial charge in [-0.05, 0) is 24.3 Å². The van der Waals surface area contributed by atoms with Gasteiger partial charge in [0.1, 0.15) is 0 Å². The first-order valence-corrected chi connectivity index (χ1v) is 8.51. The van der Waals surface area contributed by atoms with Crippen molar-refractivity contribution < 1.29 is 38.1 Å². The van der Waals surface area contributed by atoms with Gasteiger partial charge in [-0.25, -0.2) is 9.59 Å². The van der Waals surface area contributed by atoms with Gasteiger partial charge in [0.15, 0.2) is 0 Å². The molecule has 0 aliphatic heterocycles. The van der Waals surface area contributed by atoms with Gasteiger partial charge >= 0.3 is 55.0 Å². The molecule has 119 valence electrons. The Labute approximate surface area is 146 Å². The Morgan fingerprint density at radius 2 is 0.957 bits per heavy atom. The summed E-state index contributed by atoms with van der Waals surface area (Å²) in [4.78, 5) is 20.4. The largest absolute Gasteiger partial charge is 0.478 e.